The number of nitrogens with zero attached hydrogens (tertiary/aromatic N) is 1. The number of rotatable bonds is 3. The molecule has 106 valence electrons. The van der Waals surface area contributed by atoms with Crippen molar-refractivity contribution < 1.29 is 4.39 Å². The number of hydrogen-bond acceptors (Lipinski definition) is 3. The molecule has 1 heterocycles. The predicted octanol–water partition coefficient (Wildman–Crippen LogP) is 3.44. The molecule has 1 atom stereocenters. The maximum atomic E-state index is 13.5. The Labute approximate surface area is 119 Å². The van der Waals surface area contributed by atoms with Crippen molar-refractivity contribution in [3.8, 4) is 0 Å². The van der Waals surface area contributed by atoms with E-state index in [0.29, 0.717) is 0 Å². The molecule has 2 nitrogen and oxygen atoms in total. The smallest absolute Gasteiger partial charge is 0.123 e. The number of hydrogen-bond donors (Lipinski definition) is 1. The maximum Gasteiger partial charge on any atom is 0.123 e. The van der Waals surface area contributed by atoms with E-state index < -0.39 is 0 Å². The zero-order chi connectivity index (χ0) is 14.0. The van der Waals surface area contributed by atoms with Crippen LogP contribution in [0, 0.1) is 5.82 Å². The third-order valence-electron chi connectivity index (χ3n) is 3.66. The van der Waals surface area contributed by atoms with Gasteiger partial charge in [-0.2, -0.15) is 11.8 Å². The van der Waals surface area contributed by atoms with Crippen LogP contribution in [0.5, 0.6) is 0 Å². The van der Waals surface area contributed by atoms with Crippen molar-refractivity contribution in [1.29, 1.82) is 0 Å². The van der Waals surface area contributed by atoms with Crippen LogP contribution < -0.4 is 10.2 Å². The van der Waals surface area contributed by atoms with Gasteiger partial charge in [-0.05, 0) is 51.6 Å². The minimum atomic E-state index is -0.161. The van der Waals surface area contributed by atoms with E-state index in [1.165, 1.54) is 0 Å². The highest BCUT2D eigenvalue weighted by Gasteiger charge is 2.28. The monoisotopic (exact) mass is 282 g/mol. The highest BCUT2D eigenvalue weighted by Crippen LogP contribution is 2.35. The van der Waals surface area contributed by atoms with Crippen LogP contribution in [0.15, 0.2) is 18.2 Å². The zero-order valence-corrected chi connectivity index (χ0v) is 13.0. The summed E-state index contributed by atoms with van der Waals surface area (Å²) < 4.78 is 13.8. The van der Waals surface area contributed by atoms with Gasteiger partial charge in [0.2, 0.25) is 0 Å². The van der Waals surface area contributed by atoms with Crippen molar-refractivity contribution in [3.05, 3.63) is 29.6 Å². The molecule has 0 radical (unpaired) electrons. The number of halogens is 1. The van der Waals surface area contributed by atoms with Crippen LogP contribution in [0.2, 0.25) is 0 Å². The SMILES string of the molecule is CNC(C)c1cc(F)ccc1N1CCSC(C)(C)C1. The van der Waals surface area contributed by atoms with Crippen LogP contribution in [-0.2, 0) is 0 Å². The van der Waals surface area contributed by atoms with Crippen molar-refractivity contribution >= 4 is 17.4 Å². The molecule has 1 fully saturated rings. The Morgan fingerprint density at radius 2 is 2.16 bits per heavy atom. The van der Waals surface area contributed by atoms with Gasteiger partial charge in [0.1, 0.15) is 5.82 Å². The van der Waals surface area contributed by atoms with Crippen LogP contribution in [0.1, 0.15) is 32.4 Å². The zero-order valence-electron chi connectivity index (χ0n) is 12.2. The normalized spacial score (nSPS) is 20.4. The number of nitrogens with one attached hydrogen (secondary N) is 1. The van der Waals surface area contributed by atoms with Crippen LogP contribution >= 0.6 is 11.8 Å². The van der Waals surface area contributed by atoms with Gasteiger partial charge in [0.25, 0.3) is 0 Å². The first-order chi connectivity index (χ1) is 8.93. The van der Waals surface area contributed by atoms with E-state index in [0.717, 1.165) is 30.1 Å². The summed E-state index contributed by atoms with van der Waals surface area (Å²) in [7, 11) is 1.91. The Balaban J connectivity index is 2.33. The highest BCUT2D eigenvalue weighted by molar-refractivity contribution is 8.00. The molecule has 19 heavy (non-hydrogen) atoms. The van der Waals surface area contributed by atoms with Crippen molar-refractivity contribution in [2.45, 2.75) is 31.6 Å². The lowest BCUT2D eigenvalue weighted by atomic mass is 10.0. The lowest BCUT2D eigenvalue weighted by molar-refractivity contribution is 0.599. The summed E-state index contributed by atoms with van der Waals surface area (Å²) in [6, 6.07) is 5.30. The average Bonchev–Trinajstić information content (AvgIpc) is 2.36. The fraction of sp³-hybridized carbons (Fsp3) is 0.600. The van der Waals surface area contributed by atoms with Gasteiger partial charge in [0, 0.05) is 35.3 Å². The van der Waals surface area contributed by atoms with Crippen molar-refractivity contribution in [2.75, 3.05) is 30.8 Å². The van der Waals surface area contributed by atoms with Gasteiger partial charge in [-0.25, -0.2) is 4.39 Å². The topological polar surface area (TPSA) is 15.3 Å². The summed E-state index contributed by atoms with van der Waals surface area (Å²) in [5.41, 5.74) is 2.21. The second-order valence-corrected chi connectivity index (χ2v) is 7.55. The second-order valence-electron chi connectivity index (χ2n) is 5.74. The van der Waals surface area contributed by atoms with E-state index in [2.05, 4.69) is 31.0 Å². The molecule has 0 bridgehead atoms. The molecule has 0 aromatic heterocycles. The molecule has 0 saturated carbocycles. The molecule has 1 unspecified atom stereocenters. The Kier molecular flexibility index (Phi) is 4.41. The van der Waals surface area contributed by atoms with E-state index in [4.69, 9.17) is 0 Å². The van der Waals surface area contributed by atoms with Gasteiger partial charge >= 0.3 is 0 Å². The molecule has 1 aliphatic rings. The third-order valence-corrected chi connectivity index (χ3v) is 4.95. The Hall–Kier alpha value is -0.740. The van der Waals surface area contributed by atoms with Gasteiger partial charge in [-0.3, -0.25) is 0 Å². The lowest BCUT2D eigenvalue weighted by Crippen LogP contribution is -2.43. The molecule has 1 N–H and O–H groups in total. The summed E-state index contributed by atoms with van der Waals surface area (Å²) in [5.74, 6) is 0.962. The molecule has 1 saturated heterocycles. The summed E-state index contributed by atoms with van der Waals surface area (Å²) >= 11 is 2.01. The van der Waals surface area contributed by atoms with Crippen LogP contribution in [0.25, 0.3) is 0 Å². The maximum absolute atomic E-state index is 13.5. The first-order valence-corrected chi connectivity index (χ1v) is 7.77. The Bertz CT molecular complexity index is 448. The van der Waals surface area contributed by atoms with Gasteiger partial charge in [0.05, 0.1) is 0 Å². The van der Waals surface area contributed by atoms with Crippen molar-refractivity contribution in [3.63, 3.8) is 0 Å². The fourth-order valence-electron chi connectivity index (χ4n) is 2.54. The first-order valence-electron chi connectivity index (χ1n) is 6.78. The molecule has 1 aliphatic heterocycles. The molecule has 0 amide bonds. The summed E-state index contributed by atoms with van der Waals surface area (Å²) in [5, 5.41) is 3.21. The molecule has 4 heteroatoms. The predicted molar refractivity (Wildman–Crippen MR) is 82.6 cm³/mol. The number of benzene rings is 1. The Morgan fingerprint density at radius 3 is 2.79 bits per heavy atom. The summed E-state index contributed by atoms with van der Waals surface area (Å²) in [6.07, 6.45) is 0. The molecule has 1 aromatic carbocycles. The van der Waals surface area contributed by atoms with E-state index in [1.807, 2.05) is 24.9 Å². The minimum absolute atomic E-state index is 0.156. The van der Waals surface area contributed by atoms with Crippen LogP contribution in [-0.4, -0.2) is 30.6 Å². The van der Waals surface area contributed by atoms with Gasteiger partial charge < -0.3 is 10.2 Å². The van der Waals surface area contributed by atoms with Gasteiger partial charge in [0.15, 0.2) is 0 Å². The summed E-state index contributed by atoms with van der Waals surface area (Å²) in [4.78, 5) is 2.39. The lowest BCUT2D eigenvalue weighted by Gasteiger charge is -2.40. The van der Waals surface area contributed by atoms with E-state index in [1.54, 1.807) is 12.1 Å². The van der Waals surface area contributed by atoms with Gasteiger partial charge in [-0.1, -0.05) is 0 Å². The molecule has 0 spiro atoms. The van der Waals surface area contributed by atoms with Crippen LogP contribution in [0.4, 0.5) is 10.1 Å². The quantitative estimate of drug-likeness (QED) is 0.914. The fourth-order valence-corrected chi connectivity index (χ4v) is 3.65. The van der Waals surface area contributed by atoms with E-state index in [-0.39, 0.29) is 16.6 Å². The Morgan fingerprint density at radius 1 is 1.42 bits per heavy atom. The number of thioether (sulfide) groups is 1. The highest BCUT2D eigenvalue weighted by atomic mass is 32.2. The van der Waals surface area contributed by atoms with Crippen LogP contribution in [0.3, 0.4) is 0 Å². The van der Waals surface area contributed by atoms with Crippen molar-refractivity contribution in [2.24, 2.45) is 0 Å². The first kappa shape index (κ1) is 14.7. The standard InChI is InChI=1S/C15H23FN2S/c1-11(17-4)13-9-12(16)5-6-14(13)18-7-8-19-15(2,3)10-18/h5-6,9,11,17H,7-8,10H2,1-4H3. The van der Waals surface area contributed by atoms with Crippen molar-refractivity contribution in [1.82, 2.24) is 5.32 Å². The number of anilines is 1. The molecule has 1 aromatic rings. The van der Waals surface area contributed by atoms with E-state index in [9.17, 15) is 4.39 Å². The molecular weight excluding hydrogens is 259 g/mol. The molecule has 2 rings (SSSR count). The average molecular weight is 282 g/mol. The largest absolute Gasteiger partial charge is 0.369 e. The third kappa shape index (κ3) is 3.42. The minimum Gasteiger partial charge on any atom is -0.369 e. The summed E-state index contributed by atoms with van der Waals surface area (Å²) in [6.45, 7) is 8.65. The second kappa shape index (κ2) is 5.71. The molecule has 0 aliphatic carbocycles. The van der Waals surface area contributed by atoms with E-state index >= 15 is 0 Å². The molecular formula is C15H23FN2S. The van der Waals surface area contributed by atoms with Gasteiger partial charge in [-0.15, -0.1) is 0 Å².